The molecule has 2 aromatic heterocycles. The lowest BCUT2D eigenvalue weighted by atomic mass is 10.3. The molecule has 0 radical (unpaired) electrons. The fraction of sp³-hybridized carbons (Fsp3) is 0.500. The van der Waals surface area contributed by atoms with Crippen molar-refractivity contribution in [1.29, 1.82) is 0 Å². The molecule has 4 N–H and O–H groups in total. The summed E-state index contributed by atoms with van der Waals surface area (Å²) < 4.78 is 6.48. The standard InChI is InChI=1S/C10H16N6O2/c1-5-7-8(12-10(17)6(11)4-18-3)13-14-9(7)16(2)15-5/h6H,4,11H2,1-3H3,(H2,12,13,14,17). The monoisotopic (exact) mass is 252 g/mol. The van der Waals surface area contributed by atoms with Gasteiger partial charge in [-0.3, -0.25) is 9.89 Å². The van der Waals surface area contributed by atoms with E-state index in [9.17, 15) is 4.79 Å². The van der Waals surface area contributed by atoms with Crippen LogP contribution in [-0.4, -0.2) is 45.6 Å². The molecule has 0 spiro atoms. The summed E-state index contributed by atoms with van der Waals surface area (Å²) in [4.78, 5) is 11.8. The van der Waals surface area contributed by atoms with Crippen molar-refractivity contribution in [3.05, 3.63) is 5.69 Å². The van der Waals surface area contributed by atoms with Crippen molar-refractivity contribution in [2.75, 3.05) is 19.0 Å². The van der Waals surface area contributed by atoms with Gasteiger partial charge in [0.2, 0.25) is 5.91 Å². The highest BCUT2D eigenvalue weighted by molar-refractivity contribution is 6.01. The Hall–Kier alpha value is -1.93. The zero-order valence-corrected chi connectivity index (χ0v) is 10.5. The minimum Gasteiger partial charge on any atom is -0.383 e. The van der Waals surface area contributed by atoms with Gasteiger partial charge in [0, 0.05) is 14.2 Å². The van der Waals surface area contributed by atoms with E-state index in [0.717, 1.165) is 11.1 Å². The van der Waals surface area contributed by atoms with Gasteiger partial charge in [0.25, 0.3) is 0 Å². The number of methoxy groups -OCH3 is 1. The van der Waals surface area contributed by atoms with Crippen LogP contribution in [-0.2, 0) is 16.6 Å². The van der Waals surface area contributed by atoms with Crippen LogP contribution >= 0.6 is 0 Å². The Morgan fingerprint density at radius 1 is 1.67 bits per heavy atom. The van der Waals surface area contributed by atoms with Gasteiger partial charge < -0.3 is 15.8 Å². The quantitative estimate of drug-likeness (QED) is 0.680. The molecule has 1 unspecified atom stereocenters. The number of ether oxygens (including phenoxy) is 1. The third-order valence-electron chi connectivity index (χ3n) is 2.65. The second-order valence-corrected chi connectivity index (χ2v) is 4.06. The summed E-state index contributed by atoms with van der Waals surface area (Å²) in [5, 5.41) is 14.6. The van der Waals surface area contributed by atoms with Crippen LogP contribution in [0.25, 0.3) is 11.0 Å². The Balaban J connectivity index is 2.24. The Bertz CT molecular complexity index is 572. The number of fused-ring (bicyclic) bond motifs is 1. The first-order valence-corrected chi connectivity index (χ1v) is 5.47. The molecule has 0 saturated carbocycles. The van der Waals surface area contributed by atoms with Crippen LogP contribution in [0.3, 0.4) is 0 Å². The fourth-order valence-electron chi connectivity index (χ4n) is 1.79. The predicted octanol–water partition coefficient (Wildman–Crippen LogP) is -0.483. The number of nitrogens with one attached hydrogen (secondary N) is 2. The van der Waals surface area contributed by atoms with Gasteiger partial charge in [0.15, 0.2) is 5.65 Å². The third kappa shape index (κ3) is 2.07. The van der Waals surface area contributed by atoms with E-state index in [1.54, 1.807) is 11.7 Å². The smallest absolute Gasteiger partial charge is 0.244 e. The van der Waals surface area contributed by atoms with Crippen molar-refractivity contribution in [2.45, 2.75) is 13.0 Å². The van der Waals surface area contributed by atoms with Crippen molar-refractivity contribution >= 4 is 22.8 Å². The predicted molar refractivity (Wildman–Crippen MR) is 66.1 cm³/mol. The molecule has 0 saturated heterocycles. The number of hydrogen-bond acceptors (Lipinski definition) is 5. The number of carbonyl (C=O) groups excluding carboxylic acids is 1. The SMILES string of the molecule is COCC(N)C(=O)Nc1[nH]nc2c1c(C)nn2C. The lowest BCUT2D eigenvalue weighted by molar-refractivity contribution is -0.118. The molecule has 1 amide bonds. The average molecular weight is 252 g/mol. The van der Waals surface area contributed by atoms with E-state index in [2.05, 4.69) is 20.6 Å². The van der Waals surface area contributed by atoms with Gasteiger partial charge in [0.05, 0.1) is 17.7 Å². The van der Waals surface area contributed by atoms with Gasteiger partial charge in [-0.25, -0.2) is 4.68 Å². The maximum Gasteiger partial charge on any atom is 0.244 e. The highest BCUT2D eigenvalue weighted by Gasteiger charge is 2.18. The summed E-state index contributed by atoms with van der Waals surface area (Å²) in [6, 6.07) is -0.717. The molecule has 2 rings (SSSR count). The van der Waals surface area contributed by atoms with E-state index >= 15 is 0 Å². The first kappa shape index (κ1) is 12.5. The Labute approximate surface area is 103 Å². The average Bonchev–Trinajstić information content (AvgIpc) is 2.83. The molecule has 0 aliphatic carbocycles. The van der Waals surface area contributed by atoms with E-state index in [1.165, 1.54) is 7.11 Å². The maximum absolute atomic E-state index is 11.8. The molecule has 98 valence electrons. The zero-order valence-electron chi connectivity index (χ0n) is 10.5. The van der Waals surface area contributed by atoms with Gasteiger partial charge in [-0.15, -0.1) is 0 Å². The Morgan fingerprint density at radius 3 is 3.06 bits per heavy atom. The van der Waals surface area contributed by atoms with Crippen LogP contribution in [0.15, 0.2) is 0 Å². The molecule has 2 aromatic rings. The lowest BCUT2D eigenvalue weighted by Gasteiger charge is -2.09. The topological polar surface area (TPSA) is 111 Å². The largest absolute Gasteiger partial charge is 0.383 e. The number of nitrogens with two attached hydrogens (primary N) is 1. The number of amides is 1. The second-order valence-electron chi connectivity index (χ2n) is 4.06. The zero-order chi connectivity index (χ0) is 13.3. The number of rotatable bonds is 4. The number of carbonyl (C=O) groups is 1. The highest BCUT2D eigenvalue weighted by Crippen LogP contribution is 2.23. The van der Waals surface area contributed by atoms with Crippen LogP contribution in [0.2, 0.25) is 0 Å². The molecule has 18 heavy (non-hydrogen) atoms. The lowest BCUT2D eigenvalue weighted by Crippen LogP contribution is -2.39. The number of anilines is 1. The molecule has 0 aromatic carbocycles. The van der Waals surface area contributed by atoms with Gasteiger partial charge in [-0.05, 0) is 6.92 Å². The van der Waals surface area contributed by atoms with Crippen LogP contribution in [0, 0.1) is 6.92 Å². The number of aromatic nitrogens is 4. The summed E-state index contributed by atoms with van der Waals surface area (Å²) in [6.45, 7) is 2.01. The van der Waals surface area contributed by atoms with Crippen molar-refractivity contribution in [2.24, 2.45) is 12.8 Å². The number of H-pyrrole nitrogens is 1. The van der Waals surface area contributed by atoms with Crippen LogP contribution < -0.4 is 11.1 Å². The van der Waals surface area contributed by atoms with E-state index in [-0.39, 0.29) is 12.5 Å². The summed E-state index contributed by atoms with van der Waals surface area (Å²) >= 11 is 0. The van der Waals surface area contributed by atoms with E-state index in [0.29, 0.717) is 11.5 Å². The molecular weight excluding hydrogens is 236 g/mol. The molecule has 2 heterocycles. The van der Waals surface area contributed by atoms with E-state index < -0.39 is 6.04 Å². The number of aryl methyl sites for hydroxylation is 2. The molecule has 0 fully saturated rings. The van der Waals surface area contributed by atoms with Crippen molar-refractivity contribution < 1.29 is 9.53 Å². The fourth-order valence-corrected chi connectivity index (χ4v) is 1.79. The van der Waals surface area contributed by atoms with Gasteiger partial charge in [-0.2, -0.15) is 10.2 Å². The maximum atomic E-state index is 11.8. The first-order chi connectivity index (χ1) is 8.54. The Kier molecular flexibility index (Phi) is 3.30. The van der Waals surface area contributed by atoms with Crippen LogP contribution in [0.5, 0.6) is 0 Å². The minimum atomic E-state index is -0.717. The van der Waals surface area contributed by atoms with Gasteiger partial charge in [-0.1, -0.05) is 0 Å². The molecule has 8 nitrogen and oxygen atoms in total. The molecule has 0 aliphatic rings. The summed E-state index contributed by atoms with van der Waals surface area (Å²) in [6.07, 6.45) is 0. The number of hydrogen-bond donors (Lipinski definition) is 3. The first-order valence-electron chi connectivity index (χ1n) is 5.47. The van der Waals surface area contributed by atoms with Gasteiger partial charge in [0.1, 0.15) is 11.9 Å². The summed E-state index contributed by atoms with van der Waals surface area (Å²) in [5.41, 5.74) is 7.11. The molecule has 0 aliphatic heterocycles. The van der Waals surface area contributed by atoms with Crippen LogP contribution in [0.4, 0.5) is 5.82 Å². The van der Waals surface area contributed by atoms with E-state index in [1.807, 2.05) is 6.92 Å². The normalized spacial score (nSPS) is 12.9. The Morgan fingerprint density at radius 2 is 2.39 bits per heavy atom. The summed E-state index contributed by atoms with van der Waals surface area (Å²) in [7, 11) is 3.28. The molecule has 0 bridgehead atoms. The van der Waals surface area contributed by atoms with E-state index in [4.69, 9.17) is 10.5 Å². The van der Waals surface area contributed by atoms with Crippen LogP contribution in [0.1, 0.15) is 5.69 Å². The number of aromatic amines is 1. The number of nitrogens with zero attached hydrogens (tertiary/aromatic N) is 3. The highest BCUT2D eigenvalue weighted by atomic mass is 16.5. The molecule has 8 heteroatoms. The third-order valence-corrected chi connectivity index (χ3v) is 2.65. The van der Waals surface area contributed by atoms with Crippen molar-refractivity contribution in [3.63, 3.8) is 0 Å². The minimum absolute atomic E-state index is 0.162. The second kappa shape index (κ2) is 4.75. The van der Waals surface area contributed by atoms with Crippen molar-refractivity contribution in [1.82, 2.24) is 20.0 Å². The van der Waals surface area contributed by atoms with Crippen molar-refractivity contribution in [3.8, 4) is 0 Å². The molecule has 1 atom stereocenters. The summed E-state index contributed by atoms with van der Waals surface area (Å²) in [5.74, 6) is 0.179. The van der Waals surface area contributed by atoms with Gasteiger partial charge >= 0.3 is 0 Å². The molecular formula is C10H16N6O2.